The van der Waals surface area contributed by atoms with Crippen LogP contribution in [-0.4, -0.2) is 28.6 Å². The second-order valence-electron chi connectivity index (χ2n) is 3.76. The van der Waals surface area contributed by atoms with Crippen molar-refractivity contribution in [1.29, 1.82) is 0 Å². The molecule has 0 fully saturated rings. The molecule has 0 aliphatic rings. The first-order valence-corrected chi connectivity index (χ1v) is 5.51. The van der Waals surface area contributed by atoms with Crippen LogP contribution in [0.5, 0.6) is 0 Å². The highest BCUT2D eigenvalue weighted by Crippen LogP contribution is 1.99. The molecular weight excluding hydrogens is 317 g/mol. The van der Waals surface area contributed by atoms with Crippen LogP contribution in [0.1, 0.15) is 26.7 Å². The fraction of sp³-hybridized carbons (Fsp3) is 0.636. The van der Waals surface area contributed by atoms with Crippen LogP contribution in [0.3, 0.4) is 0 Å². The summed E-state index contributed by atoms with van der Waals surface area (Å²) >= 11 is 0. The third kappa shape index (κ3) is 4.11. The van der Waals surface area contributed by atoms with Gasteiger partial charge in [0.25, 0.3) is 6.33 Å². The molecule has 0 saturated carbocycles. The Morgan fingerprint density at radius 2 is 1.88 bits per heavy atom. The van der Waals surface area contributed by atoms with Gasteiger partial charge >= 0.3 is 6.03 Å². The van der Waals surface area contributed by atoms with Gasteiger partial charge in [-0.3, -0.25) is 0 Å². The minimum Gasteiger partial charge on any atom is -1.00 e. The molecule has 0 spiro atoms. The lowest BCUT2D eigenvalue weighted by Gasteiger charge is -2.17. The third-order valence-corrected chi connectivity index (χ3v) is 2.25. The number of amides is 1. The summed E-state index contributed by atoms with van der Waals surface area (Å²) in [4.78, 5) is 13.9. The molecule has 5 heteroatoms. The van der Waals surface area contributed by atoms with Gasteiger partial charge in [0.2, 0.25) is 0 Å². The van der Waals surface area contributed by atoms with E-state index in [1.54, 1.807) is 17.1 Å². The molecule has 0 N–H and O–H groups in total. The monoisotopic (exact) mass is 337 g/mol. The fourth-order valence-corrected chi connectivity index (χ4v) is 1.57. The molecule has 1 heterocycles. The van der Waals surface area contributed by atoms with Crippen LogP contribution in [-0.2, 0) is 7.05 Å². The summed E-state index contributed by atoms with van der Waals surface area (Å²) in [5.41, 5.74) is 0. The summed E-state index contributed by atoms with van der Waals surface area (Å²) in [5.74, 6) is 0. The first kappa shape index (κ1) is 15.4. The zero-order valence-corrected chi connectivity index (χ0v) is 12.3. The van der Waals surface area contributed by atoms with Gasteiger partial charge in [0.1, 0.15) is 12.4 Å². The normalized spacial score (nSPS) is 9.69. The Balaban J connectivity index is 0.00000225. The fourth-order valence-electron chi connectivity index (χ4n) is 1.57. The molecule has 0 atom stereocenters. The van der Waals surface area contributed by atoms with Gasteiger partial charge in [-0.1, -0.05) is 13.8 Å². The molecule has 0 aliphatic carbocycles. The summed E-state index contributed by atoms with van der Waals surface area (Å²) in [6.45, 7) is 5.83. The van der Waals surface area contributed by atoms with Crippen molar-refractivity contribution < 1.29 is 33.3 Å². The second-order valence-corrected chi connectivity index (χ2v) is 3.76. The molecule has 0 aromatic carbocycles. The Hall–Kier alpha value is -0.590. The molecule has 0 saturated heterocycles. The minimum atomic E-state index is 0. The van der Waals surface area contributed by atoms with E-state index in [0.717, 1.165) is 25.9 Å². The van der Waals surface area contributed by atoms with Gasteiger partial charge in [0, 0.05) is 13.1 Å². The largest absolute Gasteiger partial charge is 1.00 e. The number of nitrogens with zero attached hydrogens (tertiary/aromatic N) is 3. The Morgan fingerprint density at radius 1 is 1.31 bits per heavy atom. The summed E-state index contributed by atoms with van der Waals surface area (Å²) in [6, 6.07) is 0.0688. The average molecular weight is 337 g/mol. The van der Waals surface area contributed by atoms with Gasteiger partial charge in [-0.2, -0.15) is 4.57 Å². The number of carbonyl (C=O) groups excluding carboxylic acids is 1. The van der Waals surface area contributed by atoms with Crippen LogP contribution >= 0.6 is 0 Å². The van der Waals surface area contributed by atoms with Crippen molar-refractivity contribution in [2.24, 2.45) is 7.05 Å². The summed E-state index contributed by atoms with van der Waals surface area (Å²) in [6.07, 6.45) is 7.45. The van der Waals surface area contributed by atoms with Crippen molar-refractivity contribution >= 4 is 6.03 Å². The molecule has 0 radical (unpaired) electrons. The average Bonchev–Trinajstić information content (AvgIpc) is 2.63. The quantitative estimate of drug-likeness (QED) is 0.481. The number of rotatable bonds is 4. The first-order chi connectivity index (χ1) is 7.19. The highest BCUT2D eigenvalue weighted by molar-refractivity contribution is 5.76. The number of halogens is 1. The smallest absolute Gasteiger partial charge is 0.415 e. The van der Waals surface area contributed by atoms with Gasteiger partial charge < -0.3 is 28.9 Å². The summed E-state index contributed by atoms with van der Waals surface area (Å²) in [5, 5.41) is 0. The standard InChI is InChI=1S/C11H20N3O.HI/c1-4-6-13(7-5-2)11(15)14-9-8-12(3)10-14;/h8-10H,4-7H2,1-3H3;1H/q+1;/p-1. The minimum absolute atomic E-state index is 0. The lowest BCUT2D eigenvalue weighted by atomic mass is 10.4. The van der Waals surface area contributed by atoms with Gasteiger partial charge in [-0.15, -0.1) is 0 Å². The predicted molar refractivity (Wildman–Crippen MR) is 58.6 cm³/mol. The molecule has 1 aromatic heterocycles. The maximum atomic E-state index is 12.0. The molecule has 16 heavy (non-hydrogen) atoms. The zero-order valence-electron chi connectivity index (χ0n) is 10.2. The number of hydrogen-bond donors (Lipinski definition) is 0. The van der Waals surface area contributed by atoms with E-state index in [4.69, 9.17) is 0 Å². The van der Waals surface area contributed by atoms with Crippen molar-refractivity contribution in [3.63, 3.8) is 0 Å². The van der Waals surface area contributed by atoms with E-state index in [0.29, 0.717) is 0 Å². The predicted octanol–water partition coefficient (Wildman–Crippen LogP) is -1.59. The number of carbonyl (C=O) groups is 1. The van der Waals surface area contributed by atoms with Crippen LogP contribution in [0.25, 0.3) is 0 Å². The summed E-state index contributed by atoms with van der Waals surface area (Å²) in [7, 11) is 1.91. The molecular formula is C11H20IN3O. The number of aromatic nitrogens is 2. The maximum Gasteiger partial charge on any atom is 0.415 e. The van der Waals surface area contributed by atoms with E-state index in [2.05, 4.69) is 13.8 Å². The zero-order chi connectivity index (χ0) is 11.3. The number of hydrogen-bond acceptors (Lipinski definition) is 1. The molecule has 0 bridgehead atoms. The van der Waals surface area contributed by atoms with Gasteiger partial charge in [-0.25, -0.2) is 9.36 Å². The Morgan fingerprint density at radius 3 is 2.25 bits per heavy atom. The van der Waals surface area contributed by atoms with E-state index in [1.165, 1.54) is 0 Å². The third-order valence-electron chi connectivity index (χ3n) is 2.25. The number of imidazole rings is 1. The molecule has 1 aromatic rings. The molecule has 0 unspecified atom stereocenters. The van der Waals surface area contributed by atoms with E-state index in [-0.39, 0.29) is 30.0 Å². The van der Waals surface area contributed by atoms with E-state index >= 15 is 0 Å². The van der Waals surface area contributed by atoms with Crippen LogP contribution in [0, 0.1) is 0 Å². The van der Waals surface area contributed by atoms with E-state index in [9.17, 15) is 4.79 Å². The topological polar surface area (TPSA) is 29.1 Å². The Kier molecular flexibility index (Phi) is 7.36. The van der Waals surface area contributed by atoms with E-state index < -0.39 is 0 Å². The van der Waals surface area contributed by atoms with Gasteiger partial charge in [-0.05, 0) is 12.8 Å². The Labute approximate surface area is 114 Å². The van der Waals surface area contributed by atoms with Crippen molar-refractivity contribution in [3.05, 3.63) is 18.7 Å². The lowest BCUT2D eigenvalue weighted by molar-refractivity contribution is -0.670. The molecule has 1 rings (SSSR count). The lowest BCUT2D eigenvalue weighted by Crippen LogP contribution is -3.00. The van der Waals surface area contributed by atoms with Gasteiger partial charge in [0.05, 0.1) is 7.05 Å². The maximum absolute atomic E-state index is 12.0. The SMILES string of the molecule is CCCN(CCC)C(=O)n1cc[n+](C)c1.[I-]. The molecule has 1 amide bonds. The van der Waals surface area contributed by atoms with Crippen molar-refractivity contribution in [2.75, 3.05) is 13.1 Å². The van der Waals surface area contributed by atoms with Crippen molar-refractivity contribution in [1.82, 2.24) is 9.47 Å². The highest BCUT2D eigenvalue weighted by atomic mass is 127. The van der Waals surface area contributed by atoms with E-state index in [1.807, 2.05) is 22.7 Å². The van der Waals surface area contributed by atoms with Crippen LogP contribution in [0.2, 0.25) is 0 Å². The van der Waals surface area contributed by atoms with Crippen molar-refractivity contribution in [3.8, 4) is 0 Å². The number of aryl methyl sites for hydroxylation is 1. The second kappa shape index (κ2) is 7.65. The highest BCUT2D eigenvalue weighted by Gasteiger charge is 2.18. The van der Waals surface area contributed by atoms with Crippen LogP contribution in [0.4, 0.5) is 4.79 Å². The van der Waals surface area contributed by atoms with Crippen LogP contribution < -0.4 is 28.5 Å². The van der Waals surface area contributed by atoms with Crippen molar-refractivity contribution in [2.45, 2.75) is 26.7 Å². The molecule has 92 valence electrons. The van der Waals surface area contributed by atoms with Crippen LogP contribution in [0.15, 0.2) is 18.7 Å². The van der Waals surface area contributed by atoms with Gasteiger partial charge in [0.15, 0.2) is 0 Å². The Bertz CT molecular complexity index is 319. The molecule has 0 aliphatic heterocycles. The summed E-state index contributed by atoms with van der Waals surface area (Å²) < 4.78 is 3.50. The molecule has 4 nitrogen and oxygen atoms in total. The first-order valence-electron chi connectivity index (χ1n) is 5.51.